The fourth-order valence-corrected chi connectivity index (χ4v) is 3.28. The molecule has 1 aliphatic rings. The van der Waals surface area contributed by atoms with E-state index in [9.17, 15) is 4.79 Å². The van der Waals surface area contributed by atoms with Gasteiger partial charge in [0.05, 0.1) is 5.52 Å². The Morgan fingerprint density at radius 3 is 3.09 bits per heavy atom. The lowest BCUT2D eigenvalue weighted by atomic mass is 10.0. The van der Waals surface area contributed by atoms with Gasteiger partial charge in [-0.2, -0.15) is 5.10 Å². The molecule has 112 valence electrons. The van der Waals surface area contributed by atoms with Crippen molar-refractivity contribution in [3.05, 3.63) is 47.7 Å². The molecule has 0 fully saturated rings. The Bertz CT molecular complexity index is 859. The van der Waals surface area contributed by atoms with Crippen LogP contribution in [0.4, 0.5) is 0 Å². The summed E-state index contributed by atoms with van der Waals surface area (Å²) in [6.45, 7) is 3.50. The van der Waals surface area contributed by atoms with E-state index >= 15 is 0 Å². The number of benzene rings is 1. The maximum Gasteiger partial charge on any atom is 0.185 e. The third kappa shape index (κ3) is 2.04. The smallest absolute Gasteiger partial charge is 0.185 e. The summed E-state index contributed by atoms with van der Waals surface area (Å²) in [5.74, 6) is 1.04. The third-order valence-corrected chi connectivity index (χ3v) is 4.44. The summed E-state index contributed by atoms with van der Waals surface area (Å²) >= 11 is 0. The Morgan fingerprint density at radius 1 is 1.36 bits per heavy atom. The highest BCUT2D eigenvalue weighted by molar-refractivity contribution is 6.06. The van der Waals surface area contributed by atoms with Crippen molar-refractivity contribution in [1.29, 1.82) is 0 Å². The number of aryl methyl sites for hydroxylation is 4. The monoisotopic (exact) mass is 294 g/mol. The van der Waals surface area contributed by atoms with E-state index < -0.39 is 0 Å². The average Bonchev–Trinajstić information content (AvgIpc) is 3.11. The van der Waals surface area contributed by atoms with Gasteiger partial charge in [-0.15, -0.1) is 0 Å². The second kappa shape index (κ2) is 5.09. The van der Waals surface area contributed by atoms with Crippen LogP contribution in [0.25, 0.3) is 10.9 Å². The first-order valence-corrected chi connectivity index (χ1v) is 7.73. The zero-order valence-corrected chi connectivity index (χ0v) is 12.6. The number of carbonyl (C=O) groups excluding carboxylic acids is 1. The largest absolute Gasteiger partial charge is 0.335 e. The number of Topliss-reactive ketones (excluding diaryl/α,β-unsaturated/α-hetero) is 1. The molecule has 0 atom stereocenters. The summed E-state index contributed by atoms with van der Waals surface area (Å²) in [5, 5.41) is 5.59. The van der Waals surface area contributed by atoms with Crippen molar-refractivity contribution in [2.24, 2.45) is 0 Å². The molecule has 3 aromatic rings. The molecule has 0 aliphatic carbocycles. The Morgan fingerprint density at radius 2 is 2.27 bits per heavy atom. The molecule has 1 aromatic carbocycles. The normalized spacial score (nSPS) is 13.7. The fraction of sp³-hybridized carbons (Fsp3) is 0.353. The van der Waals surface area contributed by atoms with Crippen LogP contribution in [-0.4, -0.2) is 25.1 Å². The molecule has 0 saturated heterocycles. The van der Waals surface area contributed by atoms with Crippen molar-refractivity contribution in [2.75, 3.05) is 0 Å². The van der Waals surface area contributed by atoms with Crippen LogP contribution in [-0.2, 0) is 19.5 Å². The van der Waals surface area contributed by atoms with Gasteiger partial charge in [0.15, 0.2) is 5.78 Å². The highest BCUT2D eigenvalue weighted by Crippen LogP contribution is 2.27. The van der Waals surface area contributed by atoms with Gasteiger partial charge >= 0.3 is 0 Å². The molecule has 0 spiro atoms. The van der Waals surface area contributed by atoms with Gasteiger partial charge in [-0.1, -0.05) is 18.2 Å². The van der Waals surface area contributed by atoms with Gasteiger partial charge in [0.2, 0.25) is 0 Å². The molecule has 3 heterocycles. The van der Waals surface area contributed by atoms with Crippen LogP contribution < -0.4 is 0 Å². The minimum atomic E-state index is 0.107. The number of hydrogen-bond acceptors (Lipinski definition) is 3. The summed E-state index contributed by atoms with van der Waals surface area (Å²) in [6, 6.07) is 6.19. The molecule has 0 bridgehead atoms. The van der Waals surface area contributed by atoms with Gasteiger partial charge in [-0.3, -0.25) is 9.48 Å². The lowest BCUT2D eigenvalue weighted by Crippen LogP contribution is -2.10. The van der Waals surface area contributed by atoms with Crippen molar-refractivity contribution < 1.29 is 4.79 Å². The van der Waals surface area contributed by atoms with E-state index in [1.54, 1.807) is 6.20 Å². The number of aromatic nitrogens is 4. The van der Waals surface area contributed by atoms with E-state index in [2.05, 4.69) is 16.1 Å². The predicted molar refractivity (Wildman–Crippen MR) is 84.0 cm³/mol. The molecular formula is C17H18N4O. The van der Waals surface area contributed by atoms with E-state index in [4.69, 9.17) is 0 Å². The van der Waals surface area contributed by atoms with E-state index in [0.29, 0.717) is 18.7 Å². The number of nitrogens with zero attached hydrogens (tertiary/aromatic N) is 4. The molecule has 0 saturated carbocycles. The molecule has 0 N–H and O–H groups in total. The lowest BCUT2D eigenvalue weighted by molar-refractivity contribution is 0.0972. The summed E-state index contributed by atoms with van der Waals surface area (Å²) in [4.78, 5) is 16.8. The minimum absolute atomic E-state index is 0.107. The molecule has 1 aliphatic heterocycles. The number of hydrogen-bond donors (Lipinski definition) is 0. The van der Waals surface area contributed by atoms with Gasteiger partial charge in [0, 0.05) is 37.3 Å². The van der Waals surface area contributed by atoms with Gasteiger partial charge in [0.1, 0.15) is 11.5 Å². The molecule has 0 amide bonds. The van der Waals surface area contributed by atoms with Crippen LogP contribution in [0.5, 0.6) is 0 Å². The molecule has 2 aromatic heterocycles. The fourth-order valence-electron chi connectivity index (χ4n) is 3.28. The van der Waals surface area contributed by atoms with Gasteiger partial charge in [-0.25, -0.2) is 4.98 Å². The van der Waals surface area contributed by atoms with Crippen molar-refractivity contribution in [1.82, 2.24) is 19.3 Å². The number of rotatable bonds is 4. The van der Waals surface area contributed by atoms with E-state index in [-0.39, 0.29) is 5.78 Å². The maximum absolute atomic E-state index is 12.6. The van der Waals surface area contributed by atoms with Crippen LogP contribution in [0.1, 0.15) is 34.7 Å². The molecule has 0 unspecified atom stereocenters. The molecule has 0 radical (unpaired) electrons. The Kier molecular flexibility index (Phi) is 3.06. The zero-order chi connectivity index (χ0) is 15.1. The maximum atomic E-state index is 12.6. The first-order valence-electron chi connectivity index (χ1n) is 7.73. The molecular weight excluding hydrogens is 276 g/mol. The first kappa shape index (κ1) is 13.2. The van der Waals surface area contributed by atoms with Gasteiger partial charge in [-0.05, 0) is 25.3 Å². The molecule has 4 rings (SSSR count). The van der Waals surface area contributed by atoms with Crippen LogP contribution in [0, 0.1) is 6.92 Å². The van der Waals surface area contributed by atoms with Crippen molar-refractivity contribution in [3.63, 3.8) is 0 Å². The van der Waals surface area contributed by atoms with Crippen LogP contribution in [0.2, 0.25) is 0 Å². The number of imidazole rings is 1. The van der Waals surface area contributed by atoms with Gasteiger partial charge in [0.25, 0.3) is 0 Å². The van der Waals surface area contributed by atoms with Crippen LogP contribution >= 0.6 is 0 Å². The minimum Gasteiger partial charge on any atom is -0.335 e. The summed E-state index contributed by atoms with van der Waals surface area (Å²) in [7, 11) is 0. The molecule has 22 heavy (non-hydrogen) atoms. The van der Waals surface area contributed by atoms with Crippen molar-refractivity contribution in [3.8, 4) is 0 Å². The topological polar surface area (TPSA) is 52.7 Å². The Balaban J connectivity index is 1.65. The van der Waals surface area contributed by atoms with Crippen LogP contribution in [0.15, 0.2) is 30.6 Å². The Hall–Kier alpha value is -2.43. The highest BCUT2D eigenvalue weighted by atomic mass is 16.1. The average molecular weight is 294 g/mol. The number of ketones is 1. The van der Waals surface area contributed by atoms with E-state index in [1.165, 1.54) is 5.56 Å². The second-order valence-electron chi connectivity index (χ2n) is 5.83. The predicted octanol–water partition coefficient (Wildman–Crippen LogP) is 2.76. The van der Waals surface area contributed by atoms with E-state index in [1.807, 2.05) is 34.5 Å². The first-order chi connectivity index (χ1) is 10.7. The van der Waals surface area contributed by atoms with Gasteiger partial charge < -0.3 is 4.57 Å². The Labute approximate surface area is 128 Å². The number of para-hydroxylation sites is 1. The van der Waals surface area contributed by atoms with Crippen molar-refractivity contribution >= 4 is 16.7 Å². The second-order valence-corrected chi connectivity index (χ2v) is 5.83. The standard InChI is InChI=1S/C17H18N4O/c1-12-18-8-11-20(12)10-7-15(22)16-14-6-2-4-13-5-3-9-21(19-16)17(13)14/h2,4,6,8,11H,3,5,7,9-10H2,1H3. The highest BCUT2D eigenvalue weighted by Gasteiger charge is 2.21. The summed E-state index contributed by atoms with van der Waals surface area (Å²) in [5.41, 5.74) is 3.08. The van der Waals surface area contributed by atoms with Crippen molar-refractivity contribution in [2.45, 2.75) is 39.3 Å². The van der Waals surface area contributed by atoms with Crippen LogP contribution in [0.3, 0.4) is 0 Å². The number of carbonyl (C=O) groups is 1. The third-order valence-electron chi connectivity index (χ3n) is 4.44. The SMILES string of the molecule is Cc1nccn1CCC(=O)c1nn2c3c(cccc13)CCC2. The quantitative estimate of drug-likeness (QED) is 0.695. The lowest BCUT2D eigenvalue weighted by Gasteiger charge is -2.12. The summed E-state index contributed by atoms with van der Waals surface area (Å²) in [6.07, 6.45) is 6.29. The summed E-state index contributed by atoms with van der Waals surface area (Å²) < 4.78 is 4.00. The zero-order valence-electron chi connectivity index (χ0n) is 12.6. The molecule has 5 nitrogen and oxygen atoms in total. The van der Waals surface area contributed by atoms with E-state index in [0.717, 1.165) is 36.1 Å². The molecule has 5 heteroatoms.